The van der Waals surface area contributed by atoms with Crippen molar-refractivity contribution < 1.29 is 9.53 Å². The number of rotatable bonds is 7. The van der Waals surface area contributed by atoms with Gasteiger partial charge < -0.3 is 4.74 Å². The number of carbonyl (C=O) groups is 1. The molecule has 0 unspecified atom stereocenters. The Hall–Kier alpha value is -1.32. The predicted molar refractivity (Wildman–Crippen MR) is 78.5 cm³/mol. The molecule has 0 aromatic carbocycles. The van der Waals surface area contributed by atoms with Gasteiger partial charge in [-0.1, -0.05) is 27.7 Å². The van der Waals surface area contributed by atoms with Crippen molar-refractivity contribution in [1.82, 2.24) is 9.78 Å². The van der Waals surface area contributed by atoms with E-state index in [-0.39, 0.29) is 11.4 Å². The summed E-state index contributed by atoms with van der Waals surface area (Å²) in [7, 11) is 0. The van der Waals surface area contributed by atoms with Crippen molar-refractivity contribution in [3.8, 4) is 0 Å². The molecule has 0 aliphatic heterocycles. The van der Waals surface area contributed by atoms with Crippen LogP contribution in [-0.2, 0) is 11.3 Å². The van der Waals surface area contributed by atoms with Crippen LogP contribution < -0.4 is 0 Å². The highest BCUT2D eigenvalue weighted by Crippen LogP contribution is 2.50. The maximum Gasteiger partial charge on any atom is 0.341 e. The van der Waals surface area contributed by atoms with Crippen LogP contribution in [0.15, 0.2) is 12.4 Å². The average Bonchev–Trinajstić information content (AvgIpc) is 2.93. The zero-order chi connectivity index (χ0) is 14.8. The Morgan fingerprint density at radius 1 is 1.35 bits per heavy atom. The SMILES string of the molecule is CC(C)Cn1cc(C(=O)OCC2(CC(C)C)CC2)cn1. The van der Waals surface area contributed by atoms with Gasteiger partial charge in [0.1, 0.15) is 0 Å². The second kappa shape index (κ2) is 5.98. The number of carbonyl (C=O) groups excluding carboxylic acids is 1. The van der Waals surface area contributed by atoms with Gasteiger partial charge in [0, 0.05) is 18.2 Å². The molecule has 0 saturated heterocycles. The van der Waals surface area contributed by atoms with Crippen LogP contribution in [0.4, 0.5) is 0 Å². The van der Waals surface area contributed by atoms with Gasteiger partial charge in [0.15, 0.2) is 0 Å². The second-order valence-electron chi connectivity index (χ2n) is 7.02. The van der Waals surface area contributed by atoms with Crippen LogP contribution in [-0.4, -0.2) is 22.4 Å². The molecule has 1 saturated carbocycles. The lowest BCUT2D eigenvalue weighted by atomic mass is 9.95. The Bertz CT molecular complexity index is 459. The van der Waals surface area contributed by atoms with Crippen molar-refractivity contribution in [2.45, 2.75) is 53.5 Å². The fraction of sp³-hybridized carbons (Fsp3) is 0.750. The number of hydrogen-bond donors (Lipinski definition) is 0. The van der Waals surface area contributed by atoms with Gasteiger partial charge in [-0.15, -0.1) is 0 Å². The first-order valence-electron chi connectivity index (χ1n) is 7.60. The van der Waals surface area contributed by atoms with E-state index in [1.54, 1.807) is 12.4 Å². The molecule has 1 heterocycles. The number of esters is 1. The Kier molecular flexibility index (Phi) is 4.51. The van der Waals surface area contributed by atoms with E-state index in [0.29, 0.717) is 24.0 Å². The largest absolute Gasteiger partial charge is 0.461 e. The summed E-state index contributed by atoms with van der Waals surface area (Å²) in [5, 5.41) is 4.20. The van der Waals surface area contributed by atoms with Crippen LogP contribution in [0, 0.1) is 17.3 Å². The van der Waals surface area contributed by atoms with Crippen molar-refractivity contribution in [1.29, 1.82) is 0 Å². The van der Waals surface area contributed by atoms with Gasteiger partial charge in [0.05, 0.1) is 18.4 Å². The molecule has 1 aromatic heterocycles. The third kappa shape index (κ3) is 4.09. The normalized spacial score (nSPS) is 16.7. The van der Waals surface area contributed by atoms with E-state index in [4.69, 9.17) is 4.74 Å². The van der Waals surface area contributed by atoms with Crippen LogP contribution in [0.25, 0.3) is 0 Å². The molecule has 112 valence electrons. The Morgan fingerprint density at radius 3 is 2.60 bits per heavy atom. The van der Waals surface area contributed by atoms with Gasteiger partial charge in [0.2, 0.25) is 0 Å². The van der Waals surface area contributed by atoms with E-state index in [1.807, 2.05) is 4.68 Å². The molecular formula is C16H26N2O2. The van der Waals surface area contributed by atoms with Crippen LogP contribution in [0.3, 0.4) is 0 Å². The highest BCUT2D eigenvalue weighted by molar-refractivity contribution is 5.88. The molecule has 20 heavy (non-hydrogen) atoms. The lowest BCUT2D eigenvalue weighted by molar-refractivity contribution is 0.0397. The van der Waals surface area contributed by atoms with Gasteiger partial charge in [-0.2, -0.15) is 5.10 Å². The predicted octanol–water partition coefficient (Wildman–Crippen LogP) is 3.52. The van der Waals surface area contributed by atoms with Crippen molar-refractivity contribution in [2.24, 2.45) is 17.3 Å². The molecule has 0 atom stereocenters. The Labute approximate surface area is 121 Å². The summed E-state index contributed by atoms with van der Waals surface area (Å²) < 4.78 is 7.29. The summed E-state index contributed by atoms with van der Waals surface area (Å²) in [4.78, 5) is 12.0. The summed E-state index contributed by atoms with van der Waals surface area (Å²) in [6.07, 6.45) is 6.90. The van der Waals surface area contributed by atoms with Crippen LogP contribution >= 0.6 is 0 Å². The third-order valence-corrected chi connectivity index (χ3v) is 3.73. The minimum Gasteiger partial charge on any atom is -0.461 e. The first-order chi connectivity index (χ1) is 9.40. The first kappa shape index (κ1) is 15.1. The van der Waals surface area contributed by atoms with Crippen molar-refractivity contribution >= 4 is 5.97 Å². The minimum atomic E-state index is -0.241. The summed E-state index contributed by atoms with van der Waals surface area (Å²) in [5.74, 6) is 0.930. The Balaban J connectivity index is 1.84. The van der Waals surface area contributed by atoms with E-state index in [0.717, 1.165) is 13.0 Å². The maximum absolute atomic E-state index is 12.0. The molecule has 0 spiro atoms. The molecule has 0 bridgehead atoms. The molecular weight excluding hydrogens is 252 g/mol. The molecule has 1 aliphatic rings. The molecule has 2 rings (SSSR count). The summed E-state index contributed by atoms with van der Waals surface area (Å²) in [5.41, 5.74) is 0.823. The van der Waals surface area contributed by atoms with Crippen LogP contribution in [0.1, 0.15) is 57.3 Å². The smallest absolute Gasteiger partial charge is 0.341 e. The molecule has 1 aliphatic carbocycles. The molecule has 0 radical (unpaired) electrons. The van der Waals surface area contributed by atoms with Crippen molar-refractivity contribution in [2.75, 3.05) is 6.61 Å². The third-order valence-electron chi connectivity index (χ3n) is 3.73. The van der Waals surface area contributed by atoms with Gasteiger partial charge in [-0.05, 0) is 31.1 Å². The van der Waals surface area contributed by atoms with Crippen molar-refractivity contribution in [3.05, 3.63) is 18.0 Å². The highest BCUT2D eigenvalue weighted by Gasteiger charge is 2.44. The lowest BCUT2D eigenvalue weighted by Crippen LogP contribution is -2.17. The van der Waals surface area contributed by atoms with E-state index in [1.165, 1.54) is 12.8 Å². The summed E-state index contributed by atoms with van der Waals surface area (Å²) in [6, 6.07) is 0. The molecule has 1 fully saturated rings. The van der Waals surface area contributed by atoms with E-state index in [9.17, 15) is 4.79 Å². The van der Waals surface area contributed by atoms with E-state index < -0.39 is 0 Å². The summed E-state index contributed by atoms with van der Waals surface area (Å²) in [6.45, 7) is 10.1. The monoisotopic (exact) mass is 278 g/mol. The number of hydrogen-bond acceptors (Lipinski definition) is 3. The number of ether oxygens (including phenoxy) is 1. The van der Waals surface area contributed by atoms with Gasteiger partial charge >= 0.3 is 5.97 Å². The standard InChI is InChI=1S/C16H26N2O2/c1-12(2)7-16(5-6-16)11-20-15(19)14-8-17-18(10-14)9-13(3)4/h8,10,12-13H,5-7,9,11H2,1-4H3. The van der Waals surface area contributed by atoms with Crippen LogP contribution in [0.5, 0.6) is 0 Å². The lowest BCUT2D eigenvalue weighted by Gasteiger charge is -2.17. The minimum absolute atomic E-state index is 0.241. The average molecular weight is 278 g/mol. The summed E-state index contributed by atoms with van der Waals surface area (Å²) >= 11 is 0. The second-order valence-corrected chi connectivity index (χ2v) is 7.02. The molecule has 4 nitrogen and oxygen atoms in total. The molecule has 0 N–H and O–H groups in total. The zero-order valence-corrected chi connectivity index (χ0v) is 13.1. The molecule has 0 amide bonds. The maximum atomic E-state index is 12.0. The van der Waals surface area contributed by atoms with Crippen molar-refractivity contribution in [3.63, 3.8) is 0 Å². The zero-order valence-electron chi connectivity index (χ0n) is 13.1. The van der Waals surface area contributed by atoms with E-state index in [2.05, 4.69) is 32.8 Å². The molecule has 1 aromatic rings. The fourth-order valence-electron chi connectivity index (χ4n) is 2.70. The van der Waals surface area contributed by atoms with Gasteiger partial charge in [-0.25, -0.2) is 4.79 Å². The van der Waals surface area contributed by atoms with Crippen LogP contribution in [0.2, 0.25) is 0 Å². The first-order valence-corrected chi connectivity index (χ1v) is 7.60. The van der Waals surface area contributed by atoms with Gasteiger partial charge in [-0.3, -0.25) is 4.68 Å². The number of nitrogens with zero attached hydrogens (tertiary/aromatic N) is 2. The number of aromatic nitrogens is 2. The molecule has 4 heteroatoms. The quantitative estimate of drug-likeness (QED) is 0.717. The topological polar surface area (TPSA) is 44.1 Å². The fourth-order valence-corrected chi connectivity index (χ4v) is 2.70. The van der Waals surface area contributed by atoms with Gasteiger partial charge in [0.25, 0.3) is 0 Å². The Morgan fingerprint density at radius 2 is 2.05 bits per heavy atom. The van der Waals surface area contributed by atoms with E-state index >= 15 is 0 Å². The highest BCUT2D eigenvalue weighted by atomic mass is 16.5.